The molecule has 0 spiro atoms. The minimum absolute atomic E-state index is 0.0287. The van der Waals surface area contributed by atoms with E-state index in [-0.39, 0.29) is 29.7 Å². The number of carbonyl (C=O) groups is 1. The molecule has 1 fully saturated rings. The summed E-state index contributed by atoms with van der Waals surface area (Å²) in [4.78, 5) is 25.1. The van der Waals surface area contributed by atoms with E-state index in [1.54, 1.807) is 47.0 Å². The molecule has 1 unspecified atom stereocenters. The van der Waals surface area contributed by atoms with E-state index in [1.807, 2.05) is 31.9 Å². The van der Waals surface area contributed by atoms with Crippen LogP contribution in [0.5, 0.6) is 5.88 Å². The predicted molar refractivity (Wildman–Crippen MR) is 140 cm³/mol. The van der Waals surface area contributed by atoms with Gasteiger partial charge < -0.3 is 24.8 Å². The Balaban J connectivity index is 1.48. The molecule has 1 atom stereocenters. The second kappa shape index (κ2) is 9.72. The molecule has 5 rings (SSSR count). The Labute approximate surface area is 214 Å². The highest BCUT2D eigenvalue weighted by Crippen LogP contribution is 2.35. The number of hydrogen-bond donors (Lipinski definition) is 2. The zero-order valence-corrected chi connectivity index (χ0v) is 21.4. The lowest BCUT2D eigenvalue weighted by Gasteiger charge is -2.34. The number of carbonyl (C=O) groups excluding carboxylic acids is 1. The van der Waals surface area contributed by atoms with E-state index in [0.717, 1.165) is 5.56 Å². The van der Waals surface area contributed by atoms with E-state index in [2.05, 4.69) is 10.4 Å². The fraction of sp³-hybridized carbons (Fsp3) is 0.385. The maximum absolute atomic E-state index is 14.3. The largest absolute Gasteiger partial charge is 0.493 e. The van der Waals surface area contributed by atoms with E-state index in [4.69, 9.17) is 9.97 Å². The zero-order chi connectivity index (χ0) is 26.3. The Morgan fingerprint density at radius 2 is 1.81 bits per heavy atom. The molecule has 4 aromatic rings. The third-order valence-electron chi connectivity index (χ3n) is 6.78. The number of anilines is 2. The van der Waals surface area contributed by atoms with Crippen molar-refractivity contribution >= 4 is 28.6 Å². The Bertz CT molecular complexity index is 1440. The van der Waals surface area contributed by atoms with Gasteiger partial charge in [-0.25, -0.2) is 14.1 Å². The molecule has 0 aliphatic carbocycles. The molecule has 3 aromatic heterocycles. The molecule has 1 aliphatic rings. The average molecular weight is 507 g/mol. The summed E-state index contributed by atoms with van der Waals surface area (Å²) >= 11 is 0. The van der Waals surface area contributed by atoms with Gasteiger partial charge in [-0.05, 0) is 32.9 Å². The number of aromatic hydroxyl groups is 1. The summed E-state index contributed by atoms with van der Waals surface area (Å²) < 4.78 is 17.5. The van der Waals surface area contributed by atoms with Crippen LogP contribution in [-0.2, 0) is 4.79 Å². The molecule has 11 heteroatoms. The fourth-order valence-electron chi connectivity index (χ4n) is 4.56. The van der Waals surface area contributed by atoms with Gasteiger partial charge in [-0.1, -0.05) is 12.1 Å². The summed E-state index contributed by atoms with van der Waals surface area (Å²) in [6, 6.07) is 6.30. The van der Waals surface area contributed by atoms with Crippen molar-refractivity contribution in [2.45, 2.75) is 39.8 Å². The molecule has 37 heavy (non-hydrogen) atoms. The molecule has 0 bridgehead atoms. The first kappa shape index (κ1) is 24.5. The summed E-state index contributed by atoms with van der Waals surface area (Å²) in [7, 11) is 0. The van der Waals surface area contributed by atoms with Crippen molar-refractivity contribution in [1.82, 2.24) is 29.2 Å². The highest BCUT2D eigenvalue weighted by Gasteiger charge is 2.25. The SMILES string of the molecule is CC(=O)N1CCN(c2nc(NC(C)c3cnn(-c4ccccc4F)c3)c3cn(C(C)C)c(O)c3n2)CC1. The molecule has 1 amide bonds. The van der Waals surface area contributed by atoms with Gasteiger partial charge in [0.2, 0.25) is 17.7 Å². The van der Waals surface area contributed by atoms with Crippen molar-refractivity contribution in [2.24, 2.45) is 0 Å². The highest BCUT2D eigenvalue weighted by molar-refractivity contribution is 5.94. The van der Waals surface area contributed by atoms with Crippen LogP contribution in [-0.4, -0.2) is 66.4 Å². The molecule has 4 heterocycles. The van der Waals surface area contributed by atoms with E-state index < -0.39 is 0 Å². The van der Waals surface area contributed by atoms with Gasteiger partial charge in [-0.2, -0.15) is 10.1 Å². The van der Waals surface area contributed by atoms with Gasteiger partial charge in [0, 0.05) is 57.1 Å². The highest BCUT2D eigenvalue weighted by atomic mass is 19.1. The summed E-state index contributed by atoms with van der Waals surface area (Å²) in [5.74, 6) is 0.850. The number of fused-ring (bicyclic) bond motifs is 1. The van der Waals surface area contributed by atoms with Crippen LogP contribution in [0, 0.1) is 5.82 Å². The lowest BCUT2D eigenvalue weighted by atomic mass is 10.2. The molecule has 1 aliphatic heterocycles. The average Bonchev–Trinajstić information content (AvgIpc) is 3.50. The molecule has 0 saturated carbocycles. The van der Waals surface area contributed by atoms with Crippen LogP contribution in [0.3, 0.4) is 0 Å². The van der Waals surface area contributed by atoms with Gasteiger partial charge in [0.25, 0.3) is 0 Å². The fourth-order valence-corrected chi connectivity index (χ4v) is 4.56. The number of benzene rings is 1. The van der Waals surface area contributed by atoms with Crippen molar-refractivity contribution < 1.29 is 14.3 Å². The molecule has 1 aromatic carbocycles. The van der Waals surface area contributed by atoms with Crippen LogP contribution in [0.4, 0.5) is 16.2 Å². The molecule has 2 N–H and O–H groups in total. The van der Waals surface area contributed by atoms with Crippen molar-refractivity contribution in [3.8, 4) is 11.6 Å². The van der Waals surface area contributed by atoms with Crippen LogP contribution in [0.25, 0.3) is 16.6 Å². The van der Waals surface area contributed by atoms with E-state index in [1.165, 1.54) is 10.7 Å². The standard InChI is InChI=1S/C26H31FN8O2/c1-16(2)34-15-20-23(25(34)37)30-26(33-11-9-32(10-12-33)18(4)36)31-24(20)29-17(3)19-13-28-35(14-19)22-8-6-5-7-21(22)27/h5-8,13-17,37H,9-12H2,1-4H3,(H,29,30,31). The van der Waals surface area contributed by atoms with Gasteiger partial charge in [0.1, 0.15) is 22.8 Å². The number of aromatic nitrogens is 5. The van der Waals surface area contributed by atoms with E-state index in [9.17, 15) is 14.3 Å². The second-order valence-corrected chi connectivity index (χ2v) is 9.62. The quantitative estimate of drug-likeness (QED) is 0.409. The van der Waals surface area contributed by atoms with Gasteiger partial charge in [0.05, 0.1) is 17.6 Å². The molecule has 194 valence electrons. The zero-order valence-electron chi connectivity index (χ0n) is 21.4. The van der Waals surface area contributed by atoms with Crippen molar-refractivity contribution in [1.29, 1.82) is 0 Å². The minimum Gasteiger partial charge on any atom is -0.493 e. The van der Waals surface area contributed by atoms with E-state index in [0.29, 0.717) is 54.5 Å². The smallest absolute Gasteiger partial charge is 0.228 e. The molecular formula is C26H31FN8O2. The van der Waals surface area contributed by atoms with Crippen molar-refractivity contribution in [3.63, 3.8) is 0 Å². The van der Waals surface area contributed by atoms with Gasteiger partial charge in [-0.15, -0.1) is 0 Å². The third kappa shape index (κ3) is 4.68. The maximum atomic E-state index is 14.3. The van der Waals surface area contributed by atoms with Crippen LogP contribution < -0.4 is 10.2 Å². The number of hydrogen-bond acceptors (Lipinski definition) is 7. The Morgan fingerprint density at radius 1 is 1.08 bits per heavy atom. The number of nitrogens with one attached hydrogen (secondary N) is 1. The molecular weight excluding hydrogens is 475 g/mol. The maximum Gasteiger partial charge on any atom is 0.228 e. The minimum atomic E-state index is -0.352. The van der Waals surface area contributed by atoms with Crippen LogP contribution in [0.15, 0.2) is 42.9 Å². The first-order chi connectivity index (χ1) is 17.7. The van der Waals surface area contributed by atoms with Gasteiger partial charge >= 0.3 is 0 Å². The summed E-state index contributed by atoms with van der Waals surface area (Å²) in [6.07, 6.45) is 5.33. The summed E-state index contributed by atoms with van der Waals surface area (Å²) in [5.41, 5.74) is 1.68. The van der Waals surface area contributed by atoms with E-state index >= 15 is 0 Å². The van der Waals surface area contributed by atoms with Crippen LogP contribution in [0.1, 0.15) is 45.3 Å². The number of halogens is 1. The Hall–Kier alpha value is -4.15. The topological polar surface area (TPSA) is 104 Å². The lowest BCUT2D eigenvalue weighted by molar-refractivity contribution is -0.129. The summed E-state index contributed by atoms with van der Waals surface area (Å²) in [6.45, 7) is 9.89. The third-order valence-corrected chi connectivity index (χ3v) is 6.78. The Morgan fingerprint density at radius 3 is 2.49 bits per heavy atom. The molecule has 10 nitrogen and oxygen atoms in total. The van der Waals surface area contributed by atoms with Crippen molar-refractivity contribution in [2.75, 3.05) is 36.4 Å². The number of piperazine rings is 1. The van der Waals surface area contributed by atoms with Gasteiger partial charge in [-0.3, -0.25) is 4.79 Å². The Kier molecular flexibility index (Phi) is 6.45. The van der Waals surface area contributed by atoms with Crippen molar-refractivity contribution in [3.05, 3.63) is 54.2 Å². The predicted octanol–water partition coefficient (Wildman–Crippen LogP) is 3.88. The second-order valence-electron chi connectivity index (χ2n) is 9.62. The molecule has 1 saturated heterocycles. The first-order valence-electron chi connectivity index (χ1n) is 12.4. The number of amides is 1. The molecule has 0 radical (unpaired) electrons. The van der Waals surface area contributed by atoms with Crippen LogP contribution in [0.2, 0.25) is 0 Å². The number of para-hydroxylation sites is 1. The van der Waals surface area contributed by atoms with Crippen LogP contribution >= 0.6 is 0 Å². The first-order valence-corrected chi connectivity index (χ1v) is 12.4. The number of nitrogens with zero attached hydrogens (tertiary/aromatic N) is 7. The lowest BCUT2D eigenvalue weighted by Crippen LogP contribution is -2.48. The monoisotopic (exact) mass is 506 g/mol. The van der Waals surface area contributed by atoms with Gasteiger partial charge in [0.15, 0.2) is 0 Å². The summed E-state index contributed by atoms with van der Waals surface area (Å²) in [5, 5.41) is 19.5. The number of rotatable bonds is 6. The normalized spacial score (nSPS) is 15.0.